The first-order valence-electron chi connectivity index (χ1n) is 5.48. The van der Waals surface area contributed by atoms with Crippen LogP contribution in [0.2, 0.25) is 0 Å². The molecule has 1 saturated heterocycles. The van der Waals surface area contributed by atoms with E-state index in [1.54, 1.807) is 10.8 Å². The van der Waals surface area contributed by atoms with Crippen molar-refractivity contribution in [2.75, 3.05) is 13.1 Å². The highest BCUT2D eigenvalue weighted by molar-refractivity contribution is 5.92. The van der Waals surface area contributed by atoms with E-state index in [9.17, 15) is 4.79 Å². The molecular formula is C11H17N3O. The van der Waals surface area contributed by atoms with Gasteiger partial charge in [-0.25, -0.2) is 4.98 Å². The summed E-state index contributed by atoms with van der Waals surface area (Å²) in [6, 6.07) is 0. The van der Waals surface area contributed by atoms with Crippen LogP contribution in [0.5, 0.6) is 0 Å². The maximum Gasteiger partial charge on any atom is 0.198 e. The van der Waals surface area contributed by atoms with Crippen LogP contribution in [0.1, 0.15) is 29.9 Å². The first kappa shape index (κ1) is 10.4. The number of nitrogens with one attached hydrogen (secondary N) is 1. The van der Waals surface area contributed by atoms with Crippen molar-refractivity contribution >= 4 is 5.78 Å². The van der Waals surface area contributed by atoms with Crippen molar-refractivity contribution in [3.63, 3.8) is 0 Å². The molecule has 1 N–H and O–H groups in total. The van der Waals surface area contributed by atoms with Crippen LogP contribution in [-0.4, -0.2) is 28.4 Å². The van der Waals surface area contributed by atoms with Crippen molar-refractivity contribution < 1.29 is 4.79 Å². The monoisotopic (exact) mass is 207 g/mol. The summed E-state index contributed by atoms with van der Waals surface area (Å²) in [5.41, 5.74) is 0. The molecule has 0 bridgehead atoms. The Morgan fingerprint density at radius 3 is 2.93 bits per heavy atom. The Kier molecular flexibility index (Phi) is 3.16. The van der Waals surface area contributed by atoms with Crippen molar-refractivity contribution in [1.82, 2.24) is 14.9 Å². The van der Waals surface area contributed by atoms with Gasteiger partial charge in [0.2, 0.25) is 0 Å². The summed E-state index contributed by atoms with van der Waals surface area (Å²) in [6.45, 7) is 2.08. The molecule has 2 rings (SSSR count). The molecule has 82 valence electrons. The number of aryl methyl sites for hydroxylation is 1. The van der Waals surface area contributed by atoms with E-state index in [0.29, 0.717) is 18.2 Å². The predicted molar refractivity (Wildman–Crippen MR) is 57.7 cm³/mol. The Labute approximate surface area is 89.7 Å². The second-order valence-electron chi connectivity index (χ2n) is 4.18. The van der Waals surface area contributed by atoms with Gasteiger partial charge in [-0.2, -0.15) is 0 Å². The van der Waals surface area contributed by atoms with E-state index >= 15 is 0 Å². The fourth-order valence-corrected chi connectivity index (χ4v) is 2.07. The van der Waals surface area contributed by atoms with Gasteiger partial charge in [0.1, 0.15) is 0 Å². The number of hydrogen-bond donors (Lipinski definition) is 1. The largest absolute Gasteiger partial charge is 0.332 e. The number of carbonyl (C=O) groups excluding carboxylic acids is 1. The lowest BCUT2D eigenvalue weighted by Gasteiger charge is -2.21. The van der Waals surface area contributed by atoms with E-state index in [2.05, 4.69) is 10.3 Å². The highest BCUT2D eigenvalue weighted by atomic mass is 16.1. The second-order valence-corrected chi connectivity index (χ2v) is 4.18. The molecule has 15 heavy (non-hydrogen) atoms. The van der Waals surface area contributed by atoms with E-state index < -0.39 is 0 Å². The summed E-state index contributed by atoms with van der Waals surface area (Å²) in [7, 11) is 1.86. The minimum Gasteiger partial charge on any atom is -0.332 e. The standard InChI is InChI=1S/C11H17N3O/c1-14-7-6-13-11(14)10(15)8-9-2-4-12-5-3-9/h6-7,9,12H,2-5,8H2,1H3. The molecule has 0 aliphatic carbocycles. The Bertz CT molecular complexity index is 339. The second kappa shape index (κ2) is 4.57. The highest BCUT2D eigenvalue weighted by Crippen LogP contribution is 2.17. The molecule has 1 fully saturated rings. The van der Waals surface area contributed by atoms with Gasteiger partial charge in [0, 0.05) is 25.9 Å². The number of rotatable bonds is 3. The van der Waals surface area contributed by atoms with Crippen LogP contribution < -0.4 is 5.32 Å². The van der Waals surface area contributed by atoms with Crippen LogP contribution in [0.25, 0.3) is 0 Å². The molecule has 4 nitrogen and oxygen atoms in total. The van der Waals surface area contributed by atoms with Gasteiger partial charge < -0.3 is 9.88 Å². The molecule has 0 atom stereocenters. The lowest BCUT2D eigenvalue weighted by atomic mass is 9.92. The fraction of sp³-hybridized carbons (Fsp3) is 0.636. The maximum absolute atomic E-state index is 11.9. The number of imidazole rings is 1. The molecule has 1 aliphatic rings. The van der Waals surface area contributed by atoms with E-state index in [4.69, 9.17) is 0 Å². The van der Waals surface area contributed by atoms with Crippen molar-refractivity contribution in [3.8, 4) is 0 Å². The molecule has 1 aliphatic heterocycles. The number of nitrogens with zero attached hydrogens (tertiary/aromatic N) is 2. The smallest absolute Gasteiger partial charge is 0.198 e. The Hall–Kier alpha value is -1.16. The first-order chi connectivity index (χ1) is 7.27. The number of Topliss-reactive ketones (excluding diaryl/α,β-unsaturated/α-hetero) is 1. The van der Waals surface area contributed by atoms with Gasteiger partial charge in [-0.3, -0.25) is 4.79 Å². The molecule has 0 unspecified atom stereocenters. The van der Waals surface area contributed by atoms with Gasteiger partial charge in [0.05, 0.1) is 0 Å². The fourth-order valence-electron chi connectivity index (χ4n) is 2.07. The van der Waals surface area contributed by atoms with Crippen LogP contribution >= 0.6 is 0 Å². The average molecular weight is 207 g/mol. The summed E-state index contributed by atoms with van der Waals surface area (Å²) in [6.07, 6.45) is 6.35. The van der Waals surface area contributed by atoms with Gasteiger partial charge in [-0.1, -0.05) is 0 Å². The van der Waals surface area contributed by atoms with Gasteiger partial charge in [-0.05, 0) is 31.8 Å². The van der Waals surface area contributed by atoms with E-state index in [1.807, 2.05) is 13.2 Å². The lowest BCUT2D eigenvalue weighted by Crippen LogP contribution is -2.29. The number of ketones is 1. The van der Waals surface area contributed by atoms with Gasteiger partial charge >= 0.3 is 0 Å². The molecule has 0 aromatic carbocycles. The van der Waals surface area contributed by atoms with Crippen LogP contribution in [0.4, 0.5) is 0 Å². The molecule has 0 amide bonds. The van der Waals surface area contributed by atoms with Crippen molar-refractivity contribution in [2.24, 2.45) is 13.0 Å². The summed E-state index contributed by atoms with van der Waals surface area (Å²) >= 11 is 0. The molecule has 4 heteroatoms. The summed E-state index contributed by atoms with van der Waals surface area (Å²) < 4.78 is 1.80. The molecule has 1 aromatic heterocycles. The van der Waals surface area contributed by atoms with E-state index in [0.717, 1.165) is 25.9 Å². The summed E-state index contributed by atoms with van der Waals surface area (Å²) in [4.78, 5) is 16.0. The van der Waals surface area contributed by atoms with E-state index in [-0.39, 0.29) is 5.78 Å². The molecule has 0 saturated carbocycles. The number of piperidine rings is 1. The highest BCUT2D eigenvalue weighted by Gasteiger charge is 2.19. The Morgan fingerprint density at radius 2 is 2.33 bits per heavy atom. The van der Waals surface area contributed by atoms with Crippen molar-refractivity contribution in [2.45, 2.75) is 19.3 Å². The van der Waals surface area contributed by atoms with Gasteiger partial charge in [0.25, 0.3) is 0 Å². The average Bonchev–Trinajstić information content (AvgIpc) is 2.66. The summed E-state index contributed by atoms with van der Waals surface area (Å²) in [5, 5.41) is 3.30. The minimum absolute atomic E-state index is 0.175. The number of hydrogen-bond acceptors (Lipinski definition) is 3. The molecule has 1 aromatic rings. The number of carbonyl (C=O) groups is 1. The molecule has 2 heterocycles. The summed E-state index contributed by atoms with van der Waals surface area (Å²) in [5.74, 6) is 1.30. The third-order valence-electron chi connectivity index (χ3n) is 3.00. The maximum atomic E-state index is 11.9. The van der Waals surface area contributed by atoms with Crippen LogP contribution in [0.15, 0.2) is 12.4 Å². The lowest BCUT2D eigenvalue weighted by molar-refractivity contribution is 0.0939. The van der Waals surface area contributed by atoms with Gasteiger partial charge in [0.15, 0.2) is 11.6 Å². The zero-order valence-electron chi connectivity index (χ0n) is 9.07. The SMILES string of the molecule is Cn1ccnc1C(=O)CC1CCNCC1. The number of aromatic nitrogens is 2. The molecule has 0 spiro atoms. The zero-order chi connectivity index (χ0) is 10.7. The van der Waals surface area contributed by atoms with Crippen LogP contribution in [0, 0.1) is 5.92 Å². The van der Waals surface area contributed by atoms with Gasteiger partial charge in [-0.15, -0.1) is 0 Å². The molecule has 0 radical (unpaired) electrons. The zero-order valence-corrected chi connectivity index (χ0v) is 9.07. The Balaban J connectivity index is 1.94. The van der Waals surface area contributed by atoms with Crippen LogP contribution in [-0.2, 0) is 7.05 Å². The van der Waals surface area contributed by atoms with Crippen molar-refractivity contribution in [1.29, 1.82) is 0 Å². The van der Waals surface area contributed by atoms with Crippen molar-refractivity contribution in [3.05, 3.63) is 18.2 Å². The molecular weight excluding hydrogens is 190 g/mol. The predicted octanol–water partition coefficient (Wildman–Crippen LogP) is 0.992. The quantitative estimate of drug-likeness (QED) is 0.752. The topological polar surface area (TPSA) is 46.9 Å². The minimum atomic E-state index is 0.175. The first-order valence-corrected chi connectivity index (χ1v) is 5.48. The third kappa shape index (κ3) is 2.45. The van der Waals surface area contributed by atoms with Crippen LogP contribution in [0.3, 0.4) is 0 Å². The normalized spacial score (nSPS) is 17.9. The third-order valence-corrected chi connectivity index (χ3v) is 3.00. The van der Waals surface area contributed by atoms with E-state index in [1.165, 1.54) is 0 Å². The Morgan fingerprint density at radius 1 is 1.60 bits per heavy atom.